The number of carbonyl (C=O) groups excluding carboxylic acids is 2. The highest BCUT2D eigenvalue weighted by atomic mass is 35.5. The third-order valence-electron chi connectivity index (χ3n) is 3.58. The van der Waals surface area contributed by atoms with Crippen LogP contribution >= 0.6 is 22.9 Å². The van der Waals surface area contributed by atoms with E-state index in [9.17, 15) is 9.59 Å². The molecule has 9 heteroatoms. The quantitative estimate of drug-likeness (QED) is 0.576. The van der Waals surface area contributed by atoms with E-state index in [1.165, 1.54) is 11.3 Å². The Kier molecular flexibility index (Phi) is 6.10. The van der Waals surface area contributed by atoms with Crippen LogP contribution in [0.4, 0.5) is 15.6 Å². The number of aromatic nitrogens is 1. The van der Waals surface area contributed by atoms with Gasteiger partial charge in [-0.15, -0.1) is 0 Å². The van der Waals surface area contributed by atoms with Crippen molar-refractivity contribution in [1.82, 2.24) is 10.3 Å². The smallest absolute Gasteiger partial charge is 0.319 e. The molecule has 3 amide bonds. The summed E-state index contributed by atoms with van der Waals surface area (Å²) in [5.41, 5.74) is 1.41. The molecule has 7 nitrogen and oxygen atoms in total. The predicted octanol–water partition coefficient (Wildman–Crippen LogP) is 4.11. The summed E-state index contributed by atoms with van der Waals surface area (Å²) in [7, 11) is 1.57. The lowest BCUT2D eigenvalue weighted by molar-refractivity contribution is -0.116. The van der Waals surface area contributed by atoms with Crippen LogP contribution in [0, 0.1) is 0 Å². The fourth-order valence-electron chi connectivity index (χ4n) is 2.27. The molecule has 3 rings (SSSR count). The fourth-order valence-corrected chi connectivity index (χ4v) is 3.43. The highest BCUT2D eigenvalue weighted by Gasteiger charge is 2.09. The number of anilines is 2. The Balaban J connectivity index is 1.43. The van der Waals surface area contributed by atoms with Gasteiger partial charge >= 0.3 is 6.03 Å². The van der Waals surface area contributed by atoms with Crippen LogP contribution in [0.2, 0.25) is 5.02 Å². The average Bonchev–Trinajstić information content (AvgIpc) is 3.03. The number of methoxy groups -OCH3 is 1. The lowest BCUT2D eigenvalue weighted by Crippen LogP contribution is -2.31. The molecular weight excluding hydrogens is 388 g/mol. The van der Waals surface area contributed by atoms with Gasteiger partial charge in [-0.25, -0.2) is 9.78 Å². The Hall–Kier alpha value is -2.84. The number of nitrogens with one attached hydrogen (secondary N) is 3. The minimum atomic E-state index is -0.386. The second-order valence-corrected chi connectivity index (χ2v) is 7.01. The van der Waals surface area contributed by atoms with Gasteiger partial charge in [-0.1, -0.05) is 22.9 Å². The van der Waals surface area contributed by atoms with Crippen molar-refractivity contribution in [2.24, 2.45) is 0 Å². The minimum absolute atomic E-state index is 0.132. The summed E-state index contributed by atoms with van der Waals surface area (Å²) >= 11 is 7.29. The normalized spacial score (nSPS) is 10.4. The summed E-state index contributed by atoms with van der Waals surface area (Å²) in [6.45, 7) is 0.199. The van der Waals surface area contributed by atoms with Gasteiger partial charge in [0, 0.05) is 23.7 Å². The van der Waals surface area contributed by atoms with Crippen molar-refractivity contribution >= 4 is 55.9 Å². The SMILES string of the molecule is COc1ccc(NC(=O)NCCC(=O)Nc2nc3ccc(Cl)cc3s2)cc1. The summed E-state index contributed by atoms with van der Waals surface area (Å²) in [5, 5.41) is 9.16. The second kappa shape index (κ2) is 8.70. The van der Waals surface area contributed by atoms with Crippen molar-refractivity contribution in [3.05, 3.63) is 47.5 Å². The molecule has 2 aromatic carbocycles. The Labute approximate surface area is 164 Å². The molecule has 3 aromatic rings. The van der Waals surface area contributed by atoms with Crippen LogP contribution in [-0.2, 0) is 4.79 Å². The van der Waals surface area contributed by atoms with Crippen molar-refractivity contribution < 1.29 is 14.3 Å². The summed E-state index contributed by atoms with van der Waals surface area (Å²) in [4.78, 5) is 28.2. The van der Waals surface area contributed by atoms with Gasteiger partial charge in [0.1, 0.15) is 5.75 Å². The van der Waals surface area contributed by atoms with E-state index in [0.717, 1.165) is 10.2 Å². The summed E-state index contributed by atoms with van der Waals surface area (Å²) in [6.07, 6.45) is 0.132. The van der Waals surface area contributed by atoms with Gasteiger partial charge in [-0.05, 0) is 42.5 Å². The van der Waals surface area contributed by atoms with Crippen molar-refractivity contribution in [3.8, 4) is 5.75 Å². The molecule has 0 aliphatic heterocycles. The maximum absolute atomic E-state index is 12.0. The monoisotopic (exact) mass is 404 g/mol. The lowest BCUT2D eigenvalue weighted by atomic mass is 10.3. The van der Waals surface area contributed by atoms with E-state index in [4.69, 9.17) is 16.3 Å². The molecule has 1 aromatic heterocycles. The van der Waals surface area contributed by atoms with Gasteiger partial charge < -0.3 is 20.7 Å². The lowest BCUT2D eigenvalue weighted by Gasteiger charge is -2.08. The van der Waals surface area contributed by atoms with Crippen LogP contribution in [-0.4, -0.2) is 30.6 Å². The van der Waals surface area contributed by atoms with Gasteiger partial charge in [0.2, 0.25) is 5.91 Å². The standard InChI is InChI=1S/C18H17ClN4O3S/c1-26-13-5-3-12(4-6-13)21-17(25)20-9-8-16(24)23-18-22-14-7-2-11(19)10-15(14)27-18/h2-7,10H,8-9H2,1H3,(H2,20,21,25)(H,22,23,24). The number of thiazole rings is 1. The van der Waals surface area contributed by atoms with E-state index in [1.54, 1.807) is 49.6 Å². The van der Waals surface area contributed by atoms with Crippen LogP contribution in [0.3, 0.4) is 0 Å². The average molecular weight is 405 g/mol. The van der Waals surface area contributed by atoms with Crippen LogP contribution in [0.1, 0.15) is 6.42 Å². The molecule has 3 N–H and O–H groups in total. The molecule has 0 saturated heterocycles. The summed E-state index contributed by atoms with van der Waals surface area (Å²) in [5.74, 6) is 0.472. The molecule has 1 heterocycles. The molecule has 0 radical (unpaired) electrons. The molecule has 140 valence electrons. The number of hydrogen-bond donors (Lipinski definition) is 3. The molecule has 0 saturated carbocycles. The molecule has 0 spiro atoms. The first-order chi connectivity index (χ1) is 13.0. The molecule has 0 atom stereocenters. The van der Waals surface area contributed by atoms with Crippen LogP contribution in [0.15, 0.2) is 42.5 Å². The summed E-state index contributed by atoms with van der Waals surface area (Å²) in [6, 6.07) is 11.9. The molecule has 27 heavy (non-hydrogen) atoms. The number of nitrogens with zero attached hydrogens (tertiary/aromatic N) is 1. The third-order valence-corrected chi connectivity index (χ3v) is 4.75. The maximum Gasteiger partial charge on any atom is 0.319 e. The molecule has 0 bridgehead atoms. The molecule has 0 aliphatic carbocycles. The number of ether oxygens (including phenoxy) is 1. The number of carbonyl (C=O) groups is 2. The minimum Gasteiger partial charge on any atom is -0.497 e. The Morgan fingerprint density at radius 2 is 1.93 bits per heavy atom. The first-order valence-corrected chi connectivity index (χ1v) is 9.28. The van der Waals surface area contributed by atoms with E-state index < -0.39 is 0 Å². The van der Waals surface area contributed by atoms with Crippen LogP contribution < -0.4 is 20.7 Å². The zero-order valence-corrected chi connectivity index (χ0v) is 16.0. The third kappa shape index (κ3) is 5.32. The number of rotatable bonds is 6. The van der Waals surface area contributed by atoms with Crippen molar-refractivity contribution in [2.45, 2.75) is 6.42 Å². The number of hydrogen-bond acceptors (Lipinski definition) is 5. The van der Waals surface area contributed by atoms with E-state index in [2.05, 4.69) is 20.9 Å². The first kappa shape index (κ1) is 18.9. The highest BCUT2D eigenvalue weighted by Crippen LogP contribution is 2.28. The number of benzene rings is 2. The topological polar surface area (TPSA) is 92.4 Å². The van der Waals surface area contributed by atoms with Gasteiger partial charge in [-0.3, -0.25) is 4.79 Å². The molecule has 0 unspecified atom stereocenters. The van der Waals surface area contributed by atoms with E-state index in [0.29, 0.717) is 21.6 Å². The second-order valence-electron chi connectivity index (χ2n) is 5.54. The number of urea groups is 1. The molecular formula is C18H17ClN4O3S. The van der Waals surface area contributed by atoms with Crippen LogP contribution in [0.25, 0.3) is 10.2 Å². The van der Waals surface area contributed by atoms with E-state index in [-0.39, 0.29) is 24.9 Å². The van der Waals surface area contributed by atoms with Gasteiger partial charge in [0.25, 0.3) is 0 Å². The number of halogens is 1. The Morgan fingerprint density at radius 1 is 1.15 bits per heavy atom. The van der Waals surface area contributed by atoms with Gasteiger partial charge in [0.05, 0.1) is 17.3 Å². The zero-order chi connectivity index (χ0) is 19.2. The largest absolute Gasteiger partial charge is 0.497 e. The molecule has 0 aliphatic rings. The zero-order valence-electron chi connectivity index (χ0n) is 14.4. The van der Waals surface area contributed by atoms with Crippen LogP contribution in [0.5, 0.6) is 5.75 Å². The predicted molar refractivity (Wildman–Crippen MR) is 108 cm³/mol. The molecule has 0 fully saturated rings. The Morgan fingerprint density at radius 3 is 2.67 bits per heavy atom. The van der Waals surface area contributed by atoms with E-state index >= 15 is 0 Å². The van der Waals surface area contributed by atoms with Gasteiger partial charge in [-0.2, -0.15) is 0 Å². The highest BCUT2D eigenvalue weighted by molar-refractivity contribution is 7.22. The van der Waals surface area contributed by atoms with Crippen molar-refractivity contribution in [1.29, 1.82) is 0 Å². The summed E-state index contributed by atoms with van der Waals surface area (Å²) < 4.78 is 5.95. The van der Waals surface area contributed by atoms with Crippen molar-refractivity contribution in [2.75, 3.05) is 24.3 Å². The number of fused-ring (bicyclic) bond motifs is 1. The Bertz CT molecular complexity index is 959. The van der Waals surface area contributed by atoms with Gasteiger partial charge in [0.15, 0.2) is 5.13 Å². The maximum atomic E-state index is 12.0. The number of amides is 3. The first-order valence-electron chi connectivity index (χ1n) is 8.08. The van der Waals surface area contributed by atoms with E-state index in [1.807, 2.05) is 0 Å². The van der Waals surface area contributed by atoms with Crippen molar-refractivity contribution in [3.63, 3.8) is 0 Å². The fraction of sp³-hybridized carbons (Fsp3) is 0.167.